The monoisotopic (exact) mass is 155 g/mol. The first kappa shape index (κ1) is 8.72. The largest absolute Gasteiger partial charge is 0.302 e. The molecule has 2 heteroatoms. The van der Waals surface area contributed by atoms with E-state index in [0.29, 0.717) is 6.54 Å². The van der Waals surface area contributed by atoms with Crippen molar-refractivity contribution in [2.75, 3.05) is 19.6 Å². The first-order valence-corrected chi connectivity index (χ1v) is 4.52. The van der Waals surface area contributed by atoms with Crippen molar-refractivity contribution in [1.82, 2.24) is 4.90 Å². The minimum absolute atomic E-state index is 0.629. The van der Waals surface area contributed by atoms with Gasteiger partial charge in [0.05, 0.1) is 6.54 Å². The van der Waals surface area contributed by atoms with Crippen LogP contribution in [0.5, 0.6) is 0 Å². The minimum Gasteiger partial charge on any atom is -0.302 e. The Labute approximate surface area is 68.6 Å². The Kier molecular flexibility index (Phi) is 3.57. The van der Waals surface area contributed by atoms with Gasteiger partial charge in [0, 0.05) is 6.54 Å². The lowest BCUT2D eigenvalue weighted by molar-refractivity contribution is -0.108. The van der Waals surface area contributed by atoms with E-state index in [4.69, 9.17) is 0 Å². The molecule has 1 aliphatic carbocycles. The summed E-state index contributed by atoms with van der Waals surface area (Å²) >= 11 is 0. The van der Waals surface area contributed by atoms with Crippen molar-refractivity contribution in [2.45, 2.75) is 26.2 Å². The number of carbonyl (C=O) groups excluding carboxylic acids is 1. The molecule has 0 aliphatic heterocycles. The van der Waals surface area contributed by atoms with Crippen LogP contribution in [0.3, 0.4) is 0 Å². The Hall–Kier alpha value is -0.370. The van der Waals surface area contributed by atoms with E-state index >= 15 is 0 Å². The van der Waals surface area contributed by atoms with E-state index in [1.807, 2.05) is 0 Å². The lowest BCUT2D eigenvalue weighted by atomic mass is 10.3. The van der Waals surface area contributed by atoms with Crippen molar-refractivity contribution in [3.63, 3.8) is 0 Å². The molecule has 0 aromatic heterocycles. The van der Waals surface area contributed by atoms with Crippen LogP contribution >= 0.6 is 0 Å². The van der Waals surface area contributed by atoms with Gasteiger partial charge in [-0.2, -0.15) is 0 Å². The van der Waals surface area contributed by atoms with Crippen LogP contribution in [0.2, 0.25) is 0 Å². The highest BCUT2D eigenvalue weighted by atomic mass is 16.1. The topological polar surface area (TPSA) is 20.3 Å². The number of hydrogen-bond acceptors (Lipinski definition) is 2. The van der Waals surface area contributed by atoms with E-state index in [0.717, 1.165) is 31.7 Å². The molecule has 0 bridgehead atoms. The molecule has 1 fully saturated rings. The molecule has 0 radical (unpaired) electrons. The lowest BCUT2D eigenvalue weighted by Gasteiger charge is -2.17. The molecule has 0 atom stereocenters. The fourth-order valence-electron chi connectivity index (χ4n) is 1.34. The molecule has 0 aromatic rings. The third-order valence-electron chi connectivity index (χ3n) is 2.09. The molecule has 11 heavy (non-hydrogen) atoms. The maximum absolute atomic E-state index is 10.3. The predicted molar refractivity (Wildman–Crippen MR) is 45.5 cm³/mol. The molecule has 64 valence electrons. The van der Waals surface area contributed by atoms with Gasteiger partial charge >= 0.3 is 0 Å². The fraction of sp³-hybridized carbons (Fsp3) is 0.889. The molecule has 2 nitrogen and oxygen atoms in total. The van der Waals surface area contributed by atoms with E-state index in [-0.39, 0.29) is 0 Å². The zero-order chi connectivity index (χ0) is 8.10. The van der Waals surface area contributed by atoms with Gasteiger partial charge in [-0.15, -0.1) is 0 Å². The molecule has 1 rings (SSSR count). The Morgan fingerprint density at radius 3 is 2.73 bits per heavy atom. The second-order valence-corrected chi connectivity index (χ2v) is 3.37. The summed E-state index contributed by atoms with van der Waals surface area (Å²) in [5.74, 6) is 0.904. The van der Waals surface area contributed by atoms with Crippen LogP contribution in [0.15, 0.2) is 0 Å². The van der Waals surface area contributed by atoms with Crippen LogP contribution in [0.4, 0.5) is 0 Å². The number of hydrogen-bond donors (Lipinski definition) is 0. The van der Waals surface area contributed by atoms with Crippen LogP contribution < -0.4 is 0 Å². The normalized spacial score (nSPS) is 17.3. The van der Waals surface area contributed by atoms with Gasteiger partial charge in [0.25, 0.3) is 0 Å². The Morgan fingerprint density at radius 2 is 2.27 bits per heavy atom. The summed E-state index contributed by atoms with van der Waals surface area (Å²) in [7, 11) is 0. The first-order valence-electron chi connectivity index (χ1n) is 4.52. The van der Waals surface area contributed by atoms with Crippen LogP contribution in [0.1, 0.15) is 26.2 Å². The van der Waals surface area contributed by atoms with Crippen molar-refractivity contribution in [3.05, 3.63) is 0 Å². The Balaban J connectivity index is 2.13. The second kappa shape index (κ2) is 4.50. The van der Waals surface area contributed by atoms with Crippen molar-refractivity contribution in [3.8, 4) is 0 Å². The number of rotatable bonds is 6. The molecular weight excluding hydrogens is 138 g/mol. The quantitative estimate of drug-likeness (QED) is 0.539. The SMILES string of the molecule is CCCN(CC=O)CC1CC1. The maximum Gasteiger partial charge on any atom is 0.133 e. The van der Waals surface area contributed by atoms with Gasteiger partial charge in [0.15, 0.2) is 0 Å². The van der Waals surface area contributed by atoms with Crippen molar-refractivity contribution < 1.29 is 4.79 Å². The summed E-state index contributed by atoms with van der Waals surface area (Å²) < 4.78 is 0. The van der Waals surface area contributed by atoms with E-state index in [2.05, 4.69) is 11.8 Å². The third kappa shape index (κ3) is 3.51. The molecule has 0 amide bonds. The molecule has 0 spiro atoms. The van der Waals surface area contributed by atoms with E-state index in [1.54, 1.807) is 0 Å². The molecule has 1 saturated carbocycles. The molecule has 0 N–H and O–H groups in total. The van der Waals surface area contributed by atoms with Crippen molar-refractivity contribution >= 4 is 6.29 Å². The van der Waals surface area contributed by atoms with Crippen LogP contribution in [0.25, 0.3) is 0 Å². The zero-order valence-electron chi connectivity index (χ0n) is 7.25. The number of aldehydes is 1. The highest BCUT2D eigenvalue weighted by molar-refractivity contribution is 5.51. The first-order chi connectivity index (χ1) is 5.36. The molecule has 0 unspecified atom stereocenters. The minimum atomic E-state index is 0.629. The predicted octanol–water partition coefficient (Wildman–Crippen LogP) is 1.31. The van der Waals surface area contributed by atoms with E-state index < -0.39 is 0 Å². The van der Waals surface area contributed by atoms with Gasteiger partial charge in [-0.3, -0.25) is 4.90 Å². The van der Waals surface area contributed by atoms with Crippen molar-refractivity contribution in [1.29, 1.82) is 0 Å². The summed E-state index contributed by atoms with van der Waals surface area (Å²) in [5, 5.41) is 0. The van der Waals surface area contributed by atoms with Crippen LogP contribution in [-0.4, -0.2) is 30.8 Å². The maximum atomic E-state index is 10.3. The average molecular weight is 155 g/mol. The van der Waals surface area contributed by atoms with Crippen LogP contribution in [-0.2, 0) is 4.79 Å². The molecule has 1 aliphatic rings. The second-order valence-electron chi connectivity index (χ2n) is 3.37. The Bertz CT molecular complexity index is 121. The van der Waals surface area contributed by atoms with Gasteiger partial charge in [0.1, 0.15) is 6.29 Å². The molecular formula is C9H17NO. The number of carbonyl (C=O) groups is 1. The summed E-state index contributed by atoms with van der Waals surface area (Å²) in [4.78, 5) is 12.5. The summed E-state index contributed by atoms with van der Waals surface area (Å²) in [6, 6.07) is 0. The smallest absolute Gasteiger partial charge is 0.133 e. The molecule has 0 saturated heterocycles. The summed E-state index contributed by atoms with van der Waals surface area (Å²) in [6.45, 7) is 5.01. The molecule has 0 aromatic carbocycles. The highest BCUT2D eigenvalue weighted by Crippen LogP contribution is 2.29. The molecule has 0 heterocycles. The third-order valence-corrected chi connectivity index (χ3v) is 2.09. The van der Waals surface area contributed by atoms with Crippen molar-refractivity contribution in [2.24, 2.45) is 5.92 Å². The van der Waals surface area contributed by atoms with Gasteiger partial charge in [-0.05, 0) is 31.7 Å². The number of nitrogens with zero attached hydrogens (tertiary/aromatic N) is 1. The average Bonchev–Trinajstić information content (AvgIpc) is 2.73. The fourth-order valence-corrected chi connectivity index (χ4v) is 1.34. The van der Waals surface area contributed by atoms with E-state index in [1.165, 1.54) is 12.8 Å². The Morgan fingerprint density at radius 1 is 1.55 bits per heavy atom. The van der Waals surface area contributed by atoms with Gasteiger partial charge in [-0.1, -0.05) is 6.92 Å². The highest BCUT2D eigenvalue weighted by Gasteiger charge is 2.23. The standard InChI is InChI=1S/C9H17NO/c1-2-5-10(6-7-11)8-9-3-4-9/h7,9H,2-6,8H2,1H3. The van der Waals surface area contributed by atoms with E-state index in [9.17, 15) is 4.79 Å². The lowest BCUT2D eigenvalue weighted by Crippen LogP contribution is -2.28. The summed E-state index contributed by atoms with van der Waals surface area (Å²) in [6.07, 6.45) is 4.91. The van der Waals surface area contributed by atoms with Gasteiger partial charge in [0.2, 0.25) is 0 Å². The van der Waals surface area contributed by atoms with Gasteiger partial charge < -0.3 is 4.79 Å². The van der Waals surface area contributed by atoms with Gasteiger partial charge in [-0.25, -0.2) is 0 Å². The summed E-state index contributed by atoms with van der Waals surface area (Å²) in [5.41, 5.74) is 0. The van der Waals surface area contributed by atoms with Crippen LogP contribution in [0, 0.1) is 5.92 Å². The zero-order valence-corrected chi connectivity index (χ0v) is 7.25.